The highest BCUT2D eigenvalue weighted by molar-refractivity contribution is 5.98. The Morgan fingerprint density at radius 1 is 1.26 bits per heavy atom. The van der Waals surface area contributed by atoms with Crippen LogP contribution in [0.25, 0.3) is 0 Å². The first-order chi connectivity index (χ1) is 8.91. The molecule has 1 aromatic heterocycles. The molecule has 0 atom stereocenters. The second kappa shape index (κ2) is 4.88. The van der Waals surface area contributed by atoms with Crippen LogP contribution in [-0.4, -0.2) is 15.7 Å². The maximum absolute atomic E-state index is 12.4. The quantitative estimate of drug-likeness (QED) is 0.918. The lowest BCUT2D eigenvalue weighted by atomic mass is 9.84. The van der Waals surface area contributed by atoms with Gasteiger partial charge < -0.3 is 5.32 Å². The highest BCUT2D eigenvalue weighted by Gasteiger charge is 2.30. The molecule has 0 saturated heterocycles. The van der Waals surface area contributed by atoms with Gasteiger partial charge >= 0.3 is 0 Å². The van der Waals surface area contributed by atoms with Crippen molar-refractivity contribution in [2.45, 2.75) is 26.2 Å². The largest absolute Gasteiger partial charge is 0.310 e. The van der Waals surface area contributed by atoms with Crippen molar-refractivity contribution in [1.82, 2.24) is 9.78 Å². The molecule has 4 nitrogen and oxygen atoms in total. The Morgan fingerprint density at radius 2 is 1.89 bits per heavy atom. The van der Waals surface area contributed by atoms with Crippen molar-refractivity contribution in [3.8, 4) is 0 Å². The summed E-state index contributed by atoms with van der Waals surface area (Å²) in [6.07, 6.45) is 0. The first kappa shape index (κ1) is 13.3. The number of amides is 1. The molecule has 19 heavy (non-hydrogen) atoms. The zero-order valence-electron chi connectivity index (χ0n) is 11.8. The standard InChI is InChI=1S/C15H19N3O/c1-11-10-13(18(4)17-11)16-14(19)15(2,3)12-8-6-5-7-9-12/h5-10H,1-4H3,(H,16,19). The highest BCUT2D eigenvalue weighted by Crippen LogP contribution is 2.24. The van der Waals surface area contributed by atoms with Gasteiger partial charge in [-0.1, -0.05) is 30.3 Å². The van der Waals surface area contributed by atoms with Crippen LogP contribution in [0.5, 0.6) is 0 Å². The van der Waals surface area contributed by atoms with Gasteiger partial charge in [0.15, 0.2) is 0 Å². The van der Waals surface area contributed by atoms with Crippen LogP contribution in [0, 0.1) is 6.92 Å². The van der Waals surface area contributed by atoms with Gasteiger partial charge in [0.2, 0.25) is 5.91 Å². The van der Waals surface area contributed by atoms with Crippen molar-refractivity contribution in [2.75, 3.05) is 5.32 Å². The summed E-state index contributed by atoms with van der Waals surface area (Å²) in [4.78, 5) is 12.4. The van der Waals surface area contributed by atoms with E-state index in [1.807, 2.05) is 64.2 Å². The molecule has 1 amide bonds. The topological polar surface area (TPSA) is 46.9 Å². The fourth-order valence-corrected chi connectivity index (χ4v) is 1.99. The molecule has 0 bridgehead atoms. The van der Waals surface area contributed by atoms with Gasteiger partial charge in [0, 0.05) is 13.1 Å². The number of benzene rings is 1. The molecule has 4 heteroatoms. The number of aromatic nitrogens is 2. The second-order valence-corrected chi connectivity index (χ2v) is 5.24. The van der Waals surface area contributed by atoms with Gasteiger partial charge in [-0.2, -0.15) is 5.10 Å². The molecule has 0 unspecified atom stereocenters. The molecule has 2 aromatic rings. The molecule has 0 aliphatic rings. The van der Waals surface area contributed by atoms with Crippen LogP contribution in [0.3, 0.4) is 0 Å². The Hall–Kier alpha value is -2.10. The van der Waals surface area contributed by atoms with Crippen LogP contribution >= 0.6 is 0 Å². The zero-order chi connectivity index (χ0) is 14.0. The lowest BCUT2D eigenvalue weighted by Gasteiger charge is -2.24. The van der Waals surface area contributed by atoms with Gasteiger partial charge in [0.25, 0.3) is 0 Å². The fourth-order valence-electron chi connectivity index (χ4n) is 1.99. The smallest absolute Gasteiger partial charge is 0.235 e. The molecule has 0 fully saturated rings. The van der Waals surface area contributed by atoms with Crippen LogP contribution in [0.1, 0.15) is 25.1 Å². The molecule has 1 N–H and O–H groups in total. The van der Waals surface area contributed by atoms with E-state index in [1.165, 1.54) is 0 Å². The fraction of sp³-hybridized carbons (Fsp3) is 0.333. The van der Waals surface area contributed by atoms with E-state index in [9.17, 15) is 4.79 Å². The monoisotopic (exact) mass is 257 g/mol. The minimum absolute atomic E-state index is 0.0401. The van der Waals surface area contributed by atoms with E-state index < -0.39 is 5.41 Å². The Bertz CT molecular complexity index is 585. The molecule has 100 valence electrons. The summed E-state index contributed by atoms with van der Waals surface area (Å²) >= 11 is 0. The van der Waals surface area contributed by atoms with Crippen LogP contribution in [-0.2, 0) is 17.3 Å². The summed E-state index contributed by atoms with van der Waals surface area (Å²) in [6.45, 7) is 5.74. The third-order valence-corrected chi connectivity index (χ3v) is 3.31. The summed E-state index contributed by atoms with van der Waals surface area (Å²) in [5.74, 6) is 0.674. The van der Waals surface area contributed by atoms with Crippen LogP contribution in [0.15, 0.2) is 36.4 Å². The molecule has 2 rings (SSSR count). The van der Waals surface area contributed by atoms with E-state index in [2.05, 4.69) is 10.4 Å². The van der Waals surface area contributed by atoms with Crippen molar-refractivity contribution in [2.24, 2.45) is 7.05 Å². The summed E-state index contributed by atoms with van der Waals surface area (Å²) in [7, 11) is 1.82. The first-order valence-electron chi connectivity index (χ1n) is 6.29. The first-order valence-corrected chi connectivity index (χ1v) is 6.29. The van der Waals surface area contributed by atoms with Gasteiger partial charge in [0.1, 0.15) is 5.82 Å². The zero-order valence-corrected chi connectivity index (χ0v) is 11.8. The Kier molecular flexibility index (Phi) is 3.42. The maximum Gasteiger partial charge on any atom is 0.235 e. The number of hydrogen-bond donors (Lipinski definition) is 1. The predicted molar refractivity (Wildman–Crippen MR) is 76.0 cm³/mol. The van der Waals surface area contributed by atoms with Crippen molar-refractivity contribution in [3.63, 3.8) is 0 Å². The van der Waals surface area contributed by atoms with E-state index >= 15 is 0 Å². The number of anilines is 1. The third-order valence-electron chi connectivity index (χ3n) is 3.31. The Labute approximate surface area is 113 Å². The third kappa shape index (κ3) is 2.67. The van der Waals surface area contributed by atoms with E-state index in [1.54, 1.807) is 4.68 Å². The van der Waals surface area contributed by atoms with Crippen LogP contribution in [0.4, 0.5) is 5.82 Å². The number of carbonyl (C=O) groups excluding carboxylic acids is 1. The summed E-state index contributed by atoms with van der Waals surface area (Å²) < 4.78 is 1.67. The summed E-state index contributed by atoms with van der Waals surface area (Å²) in [6, 6.07) is 11.6. The van der Waals surface area contributed by atoms with Gasteiger partial charge in [-0.3, -0.25) is 9.48 Å². The van der Waals surface area contributed by atoms with Gasteiger partial charge in [-0.25, -0.2) is 0 Å². The molecule has 1 aromatic carbocycles. The Balaban J connectivity index is 2.22. The van der Waals surface area contributed by atoms with Crippen molar-refractivity contribution >= 4 is 11.7 Å². The van der Waals surface area contributed by atoms with Gasteiger partial charge in [-0.05, 0) is 26.3 Å². The molecule has 0 spiro atoms. The van der Waals surface area contributed by atoms with Crippen LogP contribution < -0.4 is 5.32 Å². The lowest BCUT2D eigenvalue weighted by Crippen LogP contribution is -2.35. The average molecular weight is 257 g/mol. The number of hydrogen-bond acceptors (Lipinski definition) is 2. The molecule has 1 heterocycles. The number of nitrogens with zero attached hydrogens (tertiary/aromatic N) is 2. The number of nitrogens with one attached hydrogen (secondary N) is 1. The molecule has 0 aliphatic heterocycles. The number of carbonyl (C=O) groups is 1. The van der Waals surface area contributed by atoms with Crippen molar-refractivity contribution in [3.05, 3.63) is 47.7 Å². The summed E-state index contributed by atoms with van der Waals surface area (Å²) in [5, 5.41) is 7.15. The van der Waals surface area contributed by atoms with Crippen molar-refractivity contribution < 1.29 is 4.79 Å². The minimum atomic E-state index is -0.584. The number of rotatable bonds is 3. The van der Waals surface area contributed by atoms with Crippen molar-refractivity contribution in [1.29, 1.82) is 0 Å². The normalized spacial score (nSPS) is 11.4. The van der Waals surface area contributed by atoms with E-state index in [-0.39, 0.29) is 5.91 Å². The summed E-state index contributed by atoms with van der Waals surface area (Å²) in [5.41, 5.74) is 1.29. The maximum atomic E-state index is 12.4. The number of aryl methyl sites for hydroxylation is 2. The lowest BCUT2D eigenvalue weighted by molar-refractivity contribution is -0.120. The molecular weight excluding hydrogens is 238 g/mol. The molecule has 0 aliphatic carbocycles. The minimum Gasteiger partial charge on any atom is -0.310 e. The predicted octanol–water partition coefficient (Wildman–Crippen LogP) is 2.64. The molecular formula is C15H19N3O. The van der Waals surface area contributed by atoms with E-state index in [0.717, 1.165) is 11.3 Å². The van der Waals surface area contributed by atoms with Gasteiger partial charge in [0.05, 0.1) is 11.1 Å². The van der Waals surface area contributed by atoms with E-state index in [0.29, 0.717) is 5.82 Å². The average Bonchev–Trinajstić information content (AvgIpc) is 2.69. The SMILES string of the molecule is Cc1cc(NC(=O)C(C)(C)c2ccccc2)n(C)n1. The second-order valence-electron chi connectivity index (χ2n) is 5.24. The van der Waals surface area contributed by atoms with E-state index in [4.69, 9.17) is 0 Å². The Morgan fingerprint density at radius 3 is 2.42 bits per heavy atom. The highest BCUT2D eigenvalue weighted by atomic mass is 16.2. The molecule has 0 radical (unpaired) electrons. The molecule has 0 saturated carbocycles. The van der Waals surface area contributed by atoms with Crippen LogP contribution in [0.2, 0.25) is 0 Å². The van der Waals surface area contributed by atoms with Gasteiger partial charge in [-0.15, -0.1) is 0 Å².